The van der Waals surface area contributed by atoms with Crippen LogP contribution in [0.5, 0.6) is 0 Å². The Morgan fingerprint density at radius 1 is 1.62 bits per heavy atom. The lowest BCUT2D eigenvalue weighted by Gasteiger charge is -2.25. The summed E-state index contributed by atoms with van der Waals surface area (Å²) in [7, 11) is 2.05. The summed E-state index contributed by atoms with van der Waals surface area (Å²) in [6, 6.07) is 4.42. The van der Waals surface area contributed by atoms with Gasteiger partial charge in [0.25, 0.3) is 0 Å². The van der Waals surface area contributed by atoms with Crippen molar-refractivity contribution in [3.63, 3.8) is 0 Å². The Morgan fingerprint density at radius 2 is 2.31 bits per heavy atom. The van der Waals surface area contributed by atoms with E-state index in [0.717, 1.165) is 5.69 Å². The lowest BCUT2D eigenvalue weighted by Crippen LogP contribution is -2.35. The second-order valence-electron chi connectivity index (χ2n) is 3.35. The van der Waals surface area contributed by atoms with Gasteiger partial charge >= 0.3 is 0 Å². The predicted molar refractivity (Wildman–Crippen MR) is 55.9 cm³/mol. The molecule has 1 aromatic rings. The Bertz CT molecular complexity index is 273. The van der Waals surface area contributed by atoms with Crippen molar-refractivity contribution >= 4 is 5.69 Å². The Hall–Kier alpha value is -1.09. The minimum absolute atomic E-state index is 0.363. The van der Waals surface area contributed by atoms with Crippen LogP contribution in [-0.2, 0) is 0 Å². The summed E-state index contributed by atoms with van der Waals surface area (Å²) in [5.74, 6) is 0. The minimum Gasteiger partial charge on any atom is -0.371 e. The third kappa shape index (κ3) is 2.42. The van der Waals surface area contributed by atoms with E-state index in [0.29, 0.717) is 12.6 Å². The Morgan fingerprint density at radius 3 is 2.85 bits per heavy atom. The zero-order chi connectivity index (χ0) is 9.84. The number of nitrogens with zero attached hydrogens (tertiary/aromatic N) is 2. The summed E-state index contributed by atoms with van der Waals surface area (Å²) in [5, 5.41) is 0. The molecule has 0 aliphatic rings. The van der Waals surface area contributed by atoms with Crippen LogP contribution in [0.4, 0.5) is 5.69 Å². The van der Waals surface area contributed by atoms with Crippen molar-refractivity contribution in [1.82, 2.24) is 4.98 Å². The Kier molecular flexibility index (Phi) is 3.25. The fourth-order valence-electron chi connectivity index (χ4n) is 1.16. The molecule has 72 valence electrons. The van der Waals surface area contributed by atoms with Gasteiger partial charge in [-0.15, -0.1) is 0 Å². The Balaban J connectivity index is 2.82. The van der Waals surface area contributed by atoms with Crippen LogP contribution in [0.2, 0.25) is 0 Å². The van der Waals surface area contributed by atoms with E-state index in [-0.39, 0.29) is 0 Å². The largest absolute Gasteiger partial charge is 0.371 e. The van der Waals surface area contributed by atoms with Crippen molar-refractivity contribution in [3.05, 3.63) is 24.0 Å². The molecule has 0 amide bonds. The maximum absolute atomic E-state index is 5.59. The summed E-state index contributed by atoms with van der Waals surface area (Å²) in [6.07, 6.45) is 1.82. The second kappa shape index (κ2) is 4.23. The number of nitrogens with two attached hydrogens (primary N) is 1. The fraction of sp³-hybridized carbons (Fsp3) is 0.500. The van der Waals surface area contributed by atoms with Crippen LogP contribution in [-0.4, -0.2) is 24.6 Å². The molecule has 1 aromatic heterocycles. The van der Waals surface area contributed by atoms with E-state index in [2.05, 4.69) is 22.9 Å². The standard InChI is InChI=1S/C10H17N3/c1-8-6-10(4-5-12-8)13(3)9(2)7-11/h4-6,9H,7,11H2,1-3H3. The number of pyridine rings is 1. The summed E-state index contributed by atoms with van der Waals surface area (Å²) in [4.78, 5) is 6.31. The van der Waals surface area contributed by atoms with Gasteiger partial charge in [-0.3, -0.25) is 4.98 Å². The lowest BCUT2D eigenvalue weighted by molar-refractivity contribution is 0.695. The number of likely N-dealkylation sites (N-methyl/N-ethyl adjacent to an activating group) is 1. The molecule has 0 aromatic carbocycles. The average molecular weight is 179 g/mol. The number of hydrogen-bond acceptors (Lipinski definition) is 3. The highest BCUT2D eigenvalue weighted by atomic mass is 15.1. The number of hydrogen-bond donors (Lipinski definition) is 1. The fourth-order valence-corrected chi connectivity index (χ4v) is 1.16. The number of aromatic nitrogens is 1. The van der Waals surface area contributed by atoms with Crippen molar-refractivity contribution < 1.29 is 0 Å². The Labute approximate surface area is 79.6 Å². The molecule has 1 rings (SSSR count). The molecule has 13 heavy (non-hydrogen) atoms. The van der Waals surface area contributed by atoms with Crippen LogP contribution in [0, 0.1) is 6.92 Å². The van der Waals surface area contributed by atoms with E-state index in [4.69, 9.17) is 5.73 Å². The molecule has 1 heterocycles. The molecule has 0 fully saturated rings. The van der Waals surface area contributed by atoms with Gasteiger partial charge in [0.2, 0.25) is 0 Å². The van der Waals surface area contributed by atoms with Gasteiger partial charge in [0.15, 0.2) is 0 Å². The zero-order valence-corrected chi connectivity index (χ0v) is 8.49. The first kappa shape index (κ1) is 9.99. The molecular formula is C10H17N3. The van der Waals surface area contributed by atoms with Gasteiger partial charge in [-0.1, -0.05) is 0 Å². The second-order valence-corrected chi connectivity index (χ2v) is 3.35. The van der Waals surface area contributed by atoms with Crippen LogP contribution in [0.25, 0.3) is 0 Å². The summed E-state index contributed by atoms with van der Waals surface area (Å²) < 4.78 is 0. The summed E-state index contributed by atoms with van der Waals surface area (Å²) >= 11 is 0. The molecular weight excluding hydrogens is 162 g/mol. The van der Waals surface area contributed by atoms with Gasteiger partial charge in [0.1, 0.15) is 0 Å². The van der Waals surface area contributed by atoms with Crippen molar-refractivity contribution in [3.8, 4) is 0 Å². The number of rotatable bonds is 3. The quantitative estimate of drug-likeness (QED) is 0.757. The first-order valence-corrected chi connectivity index (χ1v) is 4.50. The first-order chi connectivity index (χ1) is 6.15. The van der Waals surface area contributed by atoms with E-state index in [1.54, 1.807) is 0 Å². The molecule has 0 saturated carbocycles. The van der Waals surface area contributed by atoms with E-state index in [1.165, 1.54) is 5.69 Å². The van der Waals surface area contributed by atoms with Gasteiger partial charge in [-0.2, -0.15) is 0 Å². The van der Waals surface area contributed by atoms with E-state index in [9.17, 15) is 0 Å². The van der Waals surface area contributed by atoms with Crippen LogP contribution in [0.1, 0.15) is 12.6 Å². The van der Waals surface area contributed by atoms with Gasteiger partial charge in [-0.05, 0) is 26.0 Å². The highest BCUT2D eigenvalue weighted by molar-refractivity contribution is 5.46. The molecule has 0 bridgehead atoms. The topological polar surface area (TPSA) is 42.1 Å². The third-order valence-corrected chi connectivity index (χ3v) is 2.29. The van der Waals surface area contributed by atoms with Crippen molar-refractivity contribution in [1.29, 1.82) is 0 Å². The van der Waals surface area contributed by atoms with Crippen LogP contribution in [0.3, 0.4) is 0 Å². The molecule has 3 nitrogen and oxygen atoms in total. The lowest BCUT2D eigenvalue weighted by atomic mass is 10.2. The van der Waals surface area contributed by atoms with Crippen LogP contribution < -0.4 is 10.6 Å². The van der Waals surface area contributed by atoms with Crippen molar-refractivity contribution in [2.75, 3.05) is 18.5 Å². The van der Waals surface area contributed by atoms with Crippen LogP contribution >= 0.6 is 0 Å². The number of anilines is 1. The molecule has 1 unspecified atom stereocenters. The highest BCUT2D eigenvalue weighted by Gasteiger charge is 2.07. The normalized spacial score (nSPS) is 12.6. The summed E-state index contributed by atoms with van der Waals surface area (Å²) in [5.41, 5.74) is 7.80. The van der Waals surface area contributed by atoms with E-state index in [1.807, 2.05) is 26.2 Å². The maximum atomic E-state index is 5.59. The molecule has 0 aliphatic heterocycles. The molecule has 3 heteroatoms. The van der Waals surface area contributed by atoms with Crippen LogP contribution in [0.15, 0.2) is 18.3 Å². The zero-order valence-electron chi connectivity index (χ0n) is 8.49. The molecule has 0 saturated heterocycles. The van der Waals surface area contributed by atoms with Crippen molar-refractivity contribution in [2.24, 2.45) is 5.73 Å². The monoisotopic (exact) mass is 179 g/mol. The summed E-state index contributed by atoms with van der Waals surface area (Å²) in [6.45, 7) is 4.76. The molecule has 1 atom stereocenters. The molecule has 2 N–H and O–H groups in total. The number of aryl methyl sites for hydroxylation is 1. The van der Waals surface area contributed by atoms with E-state index < -0.39 is 0 Å². The first-order valence-electron chi connectivity index (χ1n) is 4.50. The van der Waals surface area contributed by atoms with Gasteiger partial charge in [0.05, 0.1) is 0 Å². The highest BCUT2D eigenvalue weighted by Crippen LogP contribution is 2.14. The van der Waals surface area contributed by atoms with Gasteiger partial charge < -0.3 is 10.6 Å². The minimum atomic E-state index is 0.363. The maximum Gasteiger partial charge on any atom is 0.0400 e. The van der Waals surface area contributed by atoms with E-state index >= 15 is 0 Å². The average Bonchev–Trinajstić information content (AvgIpc) is 2.15. The molecule has 0 spiro atoms. The molecule has 0 radical (unpaired) electrons. The molecule has 0 aliphatic carbocycles. The van der Waals surface area contributed by atoms with Gasteiger partial charge in [0, 0.05) is 37.2 Å². The van der Waals surface area contributed by atoms with Gasteiger partial charge in [-0.25, -0.2) is 0 Å². The third-order valence-electron chi connectivity index (χ3n) is 2.29. The SMILES string of the molecule is Cc1cc(N(C)C(C)CN)ccn1. The smallest absolute Gasteiger partial charge is 0.0400 e. The predicted octanol–water partition coefficient (Wildman–Crippen LogP) is 1.17. The van der Waals surface area contributed by atoms with Crippen molar-refractivity contribution in [2.45, 2.75) is 19.9 Å².